The molecule has 0 heterocycles. The van der Waals surface area contributed by atoms with Crippen LogP contribution in [-0.2, 0) is 15.0 Å². The van der Waals surface area contributed by atoms with E-state index < -0.39 is 15.0 Å². The third-order valence-electron chi connectivity index (χ3n) is 5.84. The van der Waals surface area contributed by atoms with Crippen molar-refractivity contribution < 1.29 is 15.0 Å². The van der Waals surface area contributed by atoms with Crippen molar-refractivity contribution in [2.24, 2.45) is 0 Å². The molecular weight excluding hydrogens is 389 g/mol. The van der Waals surface area contributed by atoms with Gasteiger partial charge in [-0.15, -0.1) is 12.4 Å². The minimum atomic E-state index is -1.27. The molecule has 3 rings (SSSR count). The van der Waals surface area contributed by atoms with Gasteiger partial charge in [0.15, 0.2) is 0 Å². The van der Waals surface area contributed by atoms with Crippen molar-refractivity contribution in [1.82, 2.24) is 0 Å². The SMILES string of the molecule is Cl.[PH2][Pd]([CH]1CCCCC1)([CH]1CCCCC1)[CH]1CCCCC1. The van der Waals surface area contributed by atoms with E-state index in [0.29, 0.717) is 0 Å². The number of hydrogen-bond donors (Lipinski definition) is 0. The van der Waals surface area contributed by atoms with Gasteiger partial charge in [0.05, 0.1) is 0 Å². The van der Waals surface area contributed by atoms with Crippen LogP contribution in [-0.4, -0.2) is 0 Å². The molecule has 1 unspecified atom stereocenters. The fourth-order valence-corrected chi connectivity index (χ4v) is 18.1. The molecule has 3 aliphatic carbocycles. The molecule has 0 radical (unpaired) electrons. The average Bonchev–Trinajstić information content (AvgIpc) is 2.56. The van der Waals surface area contributed by atoms with E-state index in [1.165, 1.54) is 32.4 Å². The summed E-state index contributed by atoms with van der Waals surface area (Å²) in [6.45, 7) is 0. The Balaban J connectivity index is 0.00000161. The number of halogens is 1. The molecule has 3 fully saturated rings. The van der Waals surface area contributed by atoms with Crippen molar-refractivity contribution in [2.45, 2.75) is 109 Å². The molecule has 0 nitrogen and oxygen atoms in total. The van der Waals surface area contributed by atoms with Crippen LogP contribution in [0.1, 0.15) is 96.3 Å². The minimum absolute atomic E-state index is 0. The summed E-state index contributed by atoms with van der Waals surface area (Å²) >= 11 is -1.27. The summed E-state index contributed by atoms with van der Waals surface area (Å²) in [5, 5.41) is 0. The third-order valence-corrected chi connectivity index (χ3v) is 20.4. The van der Waals surface area contributed by atoms with Gasteiger partial charge in [0, 0.05) is 0 Å². The molecule has 130 valence electrons. The third kappa shape index (κ3) is 4.27. The van der Waals surface area contributed by atoms with Gasteiger partial charge < -0.3 is 0 Å². The first-order valence-electron chi connectivity index (χ1n) is 9.18. The van der Waals surface area contributed by atoms with Crippen LogP contribution in [0.15, 0.2) is 0 Å². The zero-order valence-electron chi connectivity index (χ0n) is 13.6. The van der Waals surface area contributed by atoms with Gasteiger partial charge in [0.2, 0.25) is 0 Å². The quantitative estimate of drug-likeness (QED) is 0.322. The maximum atomic E-state index is 3.67. The Morgan fingerprint density at radius 3 is 0.952 bits per heavy atom. The van der Waals surface area contributed by atoms with Crippen molar-refractivity contribution in [3.05, 3.63) is 0 Å². The molecule has 0 aromatic heterocycles. The van der Waals surface area contributed by atoms with Crippen molar-refractivity contribution in [1.29, 1.82) is 0 Å². The molecule has 0 amide bonds. The monoisotopic (exact) mass is 424 g/mol. The van der Waals surface area contributed by atoms with Gasteiger partial charge in [0.25, 0.3) is 0 Å². The fraction of sp³-hybridized carbons (Fsp3) is 1.00. The molecule has 0 spiro atoms. The second-order valence-electron chi connectivity index (χ2n) is 7.19. The molecule has 0 aromatic rings. The van der Waals surface area contributed by atoms with Crippen LogP contribution in [0.25, 0.3) is 0 Å². The summed E-state index contributed by atoms with van der Waals surface area (Å²) in [6, 6.07) is 0. The van der Waals surface area contributed by atoms with Crippen LogP contribution in [0, 0.1) is 0 Å². The summed E-state index contributed by atoms with van der Waals surface area (Å²) < 4.78 is 3.55. The summed E-state index contributed by atoms with van der Waals surface area (Å²) in [4.78, 5) is 0. The van der Waals surface area contributed by atoms with Gasteiger partial charge in [-0.2, -0.15) is 0 Å². The predicted octanol–water partition coefficient (Wildman–Crippen LogP) is 7.61. The van der Waals surface area contributed by atoms with E-state index >= 15 is 0 Å². The number of rotatable bonds is 3. The Morgan fingerprint density at radius 1 is 0.476 bits per heavy atom. The molecular formula is C18H36ClPPd. The Kier molecular flexibility index (Phi) is 8.04. The van der Waals surface area contributed by atoms with Crippen LogP contribution < -0.4 is 0 Å². The normalized spacial score (nSPS) is 28.0. The Labute approximate surface area is 144 Å². The standard InChI is InChI=1S/3C6H11.ClH.H2P.Pd/c3*1-2-4-6-5-3-1;;;/h3*1H,2-6H2;1H;1H2;/q;;;;-1;+1. The molecule has 3 saturated carbocycles. The molecule has 0 bridgehead atoms. The second-order valence-corrected chi connectivity index (χ2v) is 17.8. The molecule has 0 N–H and O–H groups in total. The molecule has 0 saturated heterocycles. The molecule has 1 atom stereocenters. The fourth-order valence-electron chi connectivity index (χ4n) is 4.66. The van der Waals surface area contributed by atoms with Crippen LogP contribution in [0.2, 0.25) is 13.2 Å². The van der Waals surface area contributed by atoms with Crippen LogP contribution in [0.5, 0.6) is 0 Å². The first kappa shape index (κ1) is 18.7. The molecule has 0 aliphatic heterocycles. The van der Waals surface area contributed by atoms with E-state index in [0.717, 1.165) is 0 Å². The summed E-state index contributed by atoms with van der Waals surface area (Å²) in [7, 11) is 3.67. The van der Waals surface area contributed by atoms with E-state index in [1.54, 1.807) is 77.0 Å². The van der Waals surface area contributed by atoms with Crippen molar-refractivity contribution in [3.63, 3.8) is 0 Å². The van der Waals surface area contributed by atoms with Crippen molar-refractivity contribution >= 4 is 19.8 Å². The molecule has 3 heteroatoms. The van der Waals surface area contributed by atoms with E-state index in [1.807, 2.05) is 0 Å². The average molecular weight is 425 g/mol. The van der Waals surface area contributed by atoms with Gasteiger partial charge in [-0.3, -0.25) is 0 Å². The van der Waals surface area contributed by atoms with Gasteiger partial charge in [-0.05, 0) is 0 Å². The van der Waals surface area contributed by atoms with E-state index in [2.05, 4.69) is 7.43 Å². The van der Waals surface area contributed by atoms with Crippen LogP contribution in [0.3, 0.4) is 0 Å². The summed E-state index contributed by atoms with van der Waals surface area (Å²) in [5.74, 6) is 0. The van der Waals surface area contributed by atoms with Gasteiger partial charge in [-0.25, -0.2) is 0 Å². The van der Waals surface area contributed by atoms with Gasteiger partial charge in [-0.1, -0.05) is 0 Å². The van der Waals surface area contributed by atoms with E-state index in [-0.39, 0.29) is 12.4 Å². The summed E-state index contributed by atoms with van der Waals surface area (Å²) in [6.07, 6.45) is 23.5. The second kappa shape index (κ2) is 9.02. The predicted molar refractivity (Wildman–Crippen MR) is 97.5 cm³/mol. The topological polar surface area (TPSA) is 0 Å². The Morgan fingerprint density at radius 2 is 0.714 bits per heavy atom. The number of hydrogen-bond acceptors (Lipinski definition) is 0. The molecule has 3 aliphatic rings. The van der Waals surface area contributed by atoms with Crippen molar-refractivity contribution in [2.75, 3.05) is 0 Å². The zero-order chi connectivity index (χ0) is 13.8. The molecule has 0 aromatic carbocycles. The van der Waals surface area contributed by atoms with Crippen LogP contribution >= 0.6 is 19.8 Å². The maximum absolute atomic E-state index is 3.67. The first-order chi connectivity index (χ1) is 9.82. The van der Waals surface area contributed by atoms with Crippen molar-refractivity contribution in [3.8, 4) is 0 Å². The Hall–Kier alpha value is 1.38. The van der Waals surface area contributed by atoms with Gasteiger partial charge >= 0.3 is 132 Å². The first-order valence-corrected chi connectivity index (χ1v) is 14.9. The van der Waals surface area contributed by atoms with E-state index in [9.17, 15) is 0 Å². The zero-order valence-corrected chi connectivity index (χ0v) is 17.2. The summed E-state index contributed by atoms with van der Waals surface area (Å²) in [5.41, 5.74) is 0. The Bertz CT molecular complexity index is 246. The molecule has 21 heavy (non-hydrogen) atoms. The van der Waals surface area contributed by atoms with Crippen LogP contribution in [0.4, 0.5) is 0 Å². The van der Waals surface area contributed by atoms with E-state index in [4.69, 9.17) is 0 Å². The van der Waals surface area contributed by atoms with Gasteiger partial charge in [0.1, 0.15) is 0 Å².